The highest BCUT2D eigenvalue weighted by Gasteiger charge is 2.14. The quantitative estimate of drug-likeness (QED) is 0.657. The van der Waals surface area contributed by atoms with Crippen LogP contribution in [0.2, 0.25) is 10.0 Å². The number of anilines is 1. The van der Waals surface area contributed by atoms with E-state index >= 15 is 0 Å². The van der Waals surface area contributed by atoms with Crippen LogP contribution in [0.1, 0.15) is 11.4 Å². The molecular formula is C12H13Cl2N5OS. The molecule has 0 fully saturated rings. The van der Waals surface area contributed by atoms with E-state index in [0.717, 1.165) is 5.56 Å². The Kier molecular flexibility index (Phi) is 4.97. The van der Waals surface area contributed by atoms with E-state index < -0.39 is 0 Å². The smallest absolute Gasteiger partial charge is 0.234 e. The lowest BCUT2D eigenvalue weighted by Crippen LogP contribution is -2.17. The number of halogens is 2. The summed E-state index contributed by atoms with van der Waals surface area (Å²) in [6, 6.07) is 3.47. The van der Waals surface area contributed by atoms with Crippen molar-refractivity contribution in [2.24, 2.45) is 0 Å². The Morgan fingerprint density at radius 2 is 2.10 bits per heavy atom. The third kappa shape index (κ3) is 3.61. The number of carbonyl (C=O) groups is 1. The number of nitrogen functional groups attached to an aromatic ring is 1. The van der Waals surface area contributed by atoms with E-state index in [1.807, 2.05) is 6.92 Å². The number of amides is 1. The highest BCUT2D eigenvalue weighted by Crippen LogP contribution is 2.33. The molecule has 0 aliphatic heterocycles. The van der Waals surface area contributed by atoms with Crippen LogP contribution in [-0.4, -0.2) is 26.5 Å². The lowest BCUT2D eigenvalue weighted by molar-refractivity contribution is -0.113. The van der Waals surface area contributed by atoms with E-state index in [2.05, 4.69) is 15.5 Å². The van der Waals surface area contributed by atoms with Gasteiger partial charge in [-0.3, -0.25) is 4.79 Å². The van der Waals surface area contributed by atoms with E-state index in [-0.39, 0.29) is 11.7 Å². The molecule has 0 unspecified atom stereocenters. The van der Waals surface area contributed by atoms with Crippen molar-refractivity contribution in [1.29, 1.82) is 0 Å². The molecule has 2 rings (SSSR count). The summed E-state index contributed by atoms with van der Waals surface area (Å²) in [4.78, 5) is 12.0. The standard InChI is InChI=1S/C12H13Cl2N5OS/c1-6-3-4-8(13)11(10(6)14)16-9(20)5-21-12-18-17-7(2)19(12)15/h3-4H,5,15H2,1-2H3,(H,16,20). The lowest BCUT2D eigenvalue weighted by Gasteiger charge is -2.10. The minimum absolute atomic E-state index is 0.121. The maximum atomic E-state index is 12.0. The number of nitrogens with zero attached hydrogens (tertiary/aromatic N) is 3. The van der Waals surface area contributed by atoms with E-state index in [9.17, 15) is 4.79 Å². The van der Waals surface area contributed by atoms with Gasteiger partial charge in [0.1, 0.15) is 5.82 Å². The first-order chi connectivity index (χ1) is 9.90. The van der Waals surface area contributed by atoms with Crippen LogP contribution in [-0.2, 0) is 4.79 Å². The topological polar surface area (TPSA) is 85.8 Å². The van der Waals surface area contributed by atoms with Gasteiger partial charge >= 0.3 is 0 Å². The molecule has 0 atom stereocenters. The van der Waals surface area contributed by atoms with Crippen molar-refractivity contribution in [3.63, 3.8) is 0 Å². The summed E-state index contributed by atoms with van der Waals surface area (Å²) < 4.78 is 1.32. The average Bonchev–Trinajstić information content (AvgIpc) is 2.77. The zero-order valence-electron chi connectivity index (χ0n) is 11.4. The Labute approximate surface area is 136 Å². The molecule has 0 bridgehead atoms. The number of nitrogens with one attached hydrogen (secondary N) is 1. The molecule has 0 aliphatic carbocycles. The van der Waals surface area contributed by atoms with Crippen molar-refractivity contribution in [3.05, 3.63) is 33.6 Å². The normalized spacial score (nSPS) is 10.7. The number of aromatic nitrogens is 3. The molecule has 0 radical (unpaired) electrons. The molecule has 0 saturated carbocycles. The van der Waals surface area contributed by atoms with Gasteiger partial charge in [-0.15, -0.1) is 10.2 Å². The van der Waals surface area contributed by atoms with Crippen molar-refractivity contribution in [1.82, 2.24) is 14.9 Å². The number of rotatable bonds is 4. The zero-order chi connectivity index (χ0) is 15.6. The van der Waals surface area contributed by atoms with Gasteiger partial charge in [0.25, 0.3) is 0 Å². The second-order valence-corrected chi connectivity index (χ2v) is 6.02. The average molecular weight is 346 g/mol. The SMILES string of the molecule is Cc1ccc(Cl)c(NC(=O)CSc2nnc(C)n2N)c1Cl. The maximum absolute atomic E-state index is 12.0. The van der Waals surface area contributed by atoms with Crippen LogP contribution < -0.4 is 11.2 Å². The maximum Gasteiger partial charge on any atom is 0.234 e. The summed E-state index contributed by atoms with van der Waals surface area (Å²) in [6.07, 6.45) is 0. The van der Waals surface area contributed by atoms with Crippen LogP contribution in [0.4, 0.5) is 5.69 Å². The zero-order valence-corrected chi connectivity index (χ0v) is 13.7. The molecular weight excluding hydrogens is 333 g/mol. The Morgan fingerprint density at radius 3 is 2.71 bits per heavy atom. The van der Waals surface area contributed by atoms with Crippen molar-refractivity contribution < 1.29 is 4.79 Å². The molecule has 6 nitrogen and oxygen atoms in total. The minimum Gasteiger partial charge on any atom is -0.336 e. The number of aryl methyl sites for hydroxylation is 2. The van der Waals surface area contributed by atoms with Gasteiger partial charge in [-0.2, -0.15) is 0 Å². The molecule has 9 heteroatoms. The summed E-state index contributed by atoms with van der Waals surface area (Å²) in [6.45, 7) is 3.56. The second-order valence-electron chi connectivity index (χ2n) is 4.29. The van der Waals surface area contributed by atoms with E-state index in [0.29, 0.717) is 26.7 Å². The highest BCUT2D eigenvalue weighted by molar-refractivity contribution is 7.99. The predicted molar refractivity (Wildman–Crippen MR) is 85.5 cm³/mol. The fraction of sp³-hybridized carbons (Fsp3) is 0.250. The Hall–Kier alpha value is -1.44. The predicted octanol–water partition coefficient (Wildman–Crippen LogP) is 2.65. The summed E-state index contributed by atoms with van der Waals surface area (Å²) in [5, 5.41) is 11.6. The molecule has 0 saturated heterocycles. The first-order valence-electron chi connectivity index (χ1n) is 5.94. The Balaban J connectivity index is 2.03. The van der Waals surface area contributed by atoms with E-state index in [1.54, 1.807) is 19.1 Å². The monoisotopic (exact) mass is 345 g/mol. The van der Waals surface area contributed by atoms with Crippen LogP contribution in [0.5, 0.6) is 0 Å². The second kappa shape index (κ2) is 6.55. The van der Waals surface area contributed by atoms with Gasteiger partial charge in [0.05, 0.1) is 21.5 Å². The van der Waals surface area contributed by atoms with Gasteiger partial charge in [0, 0.05) is 0 Å². The lowest BCUT2D eigenvalue weighted by atomic mass is 10.2. The molecule has 1 aromatic heterocycles. The third-order valence-electron chi connectivity index (χ3n) is 2.72. The molecule has 21 heavy (non-hydrogen) atoms. The molecule has 112 valence electrons. The Morgan fingerprint density at radius 1 is 1.38 bits per heavy atom. The fourth-order valence-corrected chi connectivity index (χ4v) is 2.69. The van der Waals surface area contributed by atoms with Crippen LogP contribution >= 0.6 is 35.0 Å². The number of thioether (sulfide) groups is 1. The largest absolute Gasteiger partial charge is 0.336 e. The minimum atomic E-state index is -0.255. The summed E-state index contributed by atoms with van der Waals surface area (Å²) in [5.74, 6) is 6.14. The van der Waals surface area contributed by atoms with Crippen LogP contribution in [0, 0.1) is 13.8 Å². The fourth-order valence-electron chi connectivity index (χ4n) is 1.53. The molecule has 1 aromatic carbocycles. The van der Waals surface area contributed by atoms with Crippen molar-refractivity contribution in [2.45, 2.75) is 19.0 Å². The first kappa shape index (κ1) is 15.9. The van der Waals surface area contributed by atoms with E-state index in [4.69, 9.17) is 29.0 Å². The van der Waals surface area contributed by atoms with Gasteiger partial charge in [0.2, 0.25) is 11.1 Å². The molecule has 3 N–H and O–H groups in total. The summed E-state index contributed by atoms with van der Waals surface area (Å²) in [7, 11) is 0. The number of benzene rings is 1. The number of hydrogen-bond acceptors (Lipinski definition) is 5. The summed E-state index contributed by atoms with van der Waals surface area (Å²) >= 11 is 13.4. The number of nitrogens with two attached hydrogens (primary N) is 1. The van der Waals surface area contributed by atoms with Crippen LogP contribution in [0.25, 0.3) is 0 Å². The van der Waals surface area contributed by atoms with Gasteiger partial charge in [-0.05, 0) is 25.5 Å². The Bertz CT molecular complexity index is 689. The molecule has 1 amide bonds. The van der Waals surface area contributed by atoms with Gasteiger partial charge in [-0.1, -0.05) is 41.0 Å². The van der Waals surface area contributed by atoms with Crippen LogP contribution in [0.15, 0.2) is 17.3 Å². The molecule has 2 aromatic rings. The van der Waals surface area contributed by atoms with Crippen molar-refractivity contribution in [2.75, 3.05) is 16.9 Å². The van der Waals surface area contributed by atoms with Crippen molar-refractivity contribution >= 4 is 46.6 Å². The molecule has 0 spiro atoms. The van der Waals surface area contributed by atoms with Gasteiger partial charge in [0.15, 0.2) is 0 Å². The van der Waals surface area contributed by atoms with Gasteiger partial charge in [-0.25, -0.2) is 4.68 Å². The molecule has 1 heterocycles. The van der Waals surface area contributed by atoms with Crippen molar-refractivity contribution in [3.8, 4) is 0 Å². The van der Waals surface area contributed by atoms with E-state index in [1.165, 1.54) is 16.4 Å². The van der Waals surface area contributed by atoms with Gasteiger partial charge < -0.3 is 11.2 Å². The summed E-state index contributed by atoms with van der Waals surface area (Å²) in [5.41, 5.74) is 1.25. The number of carbonyl (C=O) groups excluding carboxylic acids is 1. The first-order valence-corrected chi connectivity index (χ1v) is 7.68. The number of hydrogen-bond donors (Lipinski definition) is 2. The van der Waals surface area contributed by atoms with Crippen LogP contribution in [0.3, 0.4) is 0 Å². The third-order valence-corrected chi connectivity index (χ3v) is 4.46. The highest BCUT2D eigenvalue weighted by atomic mass is 35.5. The molecule has 0 aliphatic rings.